The van der Waals surface area contributed by atoms with Crippen molar-refractivity contribution in [3.8, 4) is 0 Å². The molecule has 1 saturated heterocycles. The first kappa shape index (κ1) is 13.0. The summed E-state index contributed by atoms with van der Waals surface area (Å²) in [7, 11) is 2.03. The number of piperidine rings is 1. The molecule has 1 aliphatic rings. The molecule has 1 aliphatic heterocycles. The van der Waals surface area contributed by atoms with Gasteiger partial charge in [-0.1, -0.05) is 12.5 Å². The molecule has 0 unspecified atom stereocenters. The Labute approximate surface area is 108 Å². The fraction of sp³-hybridized carbons (Fsp3) is 0.571. The first-order valence-electron chi connectivity index (χ1n) is 6.65. The maximum Gasteiger partial charge on any atom is 0.237 e. The summed E-state index contributed by atoms with van der Waals surface area (Å²) >= 11 is 0. The number of carbonyl (C=O) groups excluding carboxylic acids is 1. The number of rotatable bonds is 4. The van der Waals surface area contributed by atoms with Crippen molar-refractivity contribution >= 4 is 5.91 Å². The SMILES string of the molecule is CN1CCCC[C@H]1C(=O)NCCc1ccccn1. The molecule has 0 saturated carbocycles. The number of nitrogens with one attached hydrogen (secondary N) is 1. The predicted molar refractivity (Wildman–Crippen MR) is 71.2 cm³/mol. The Bertz CT molecular complexity index is 380. The van der Waals surface area contributed by atoms with E-state index in [4.69, 9.17) is 0 Å². The van der Waals surface area contributed by atoms with Gasteiger partial charge >= 0.3 is 0 Å². The zero-order chi connectivity index (χ0) is 12.8. The summed E-state index contributed by atoms with van der Waals surface area (Å²) in [6, 6.07) is 5.92. The highest BCUT2D eigenvalue weighted by molar-refractivity contribution is 5.81. The van der Waals surface area contributed by atoms with Gasteiger partial charge in [0.2, 0.25) is 5.91 Å². The van der Waals surface area contributed by atoms with Crippen LogP contribution in [0.1, 0.15) is 25.0 Å². The van der Waals surface area contributed by atoms with Gasteiger partial charge in [-0.05, 0) is 38.6 Å². The third-order valence-corrected chi connectivity index (χ3v) is 3.48. The van der Waals surface area contributed by atoms with E-state index in [0.717, 1.165) is 31.5 Å². The standard InChI is InChI=1S/C14H21N3O/c1-17-11-5-3-7-13(17)14(18)16-10-8-12-6-2-4-9-15-12/h2,4,6,9,13H,3,5,7-8,10-11H2,1H3,(H,16,18)/t13-/m0/s1. The van der Waals surface area contributed by atoms with Crippen LogP contribution in [-0.4, -0.2) is 42.0 Å². The fourth-order valence-corrected chi connectivity index (χ4v) is 2.38. The number of likely N-dealkylation sites (N-methyl/N-ethyl adjacent to an activating group) is 1. The van der Waals surface area contributed by atoms with Crippen LogP contribution in [0.5, 0.6) is 0 Å². The van der Waals surface area contributed by atoms with Crippen LogP contribution in [-0.2, 0) is 11.2 Å². The Morgan fingerprint density at radius 2 is 2.39 bits per heavy atom. The number of likely N-dealkylation sites (tertiary alicyclic amines) is 1. The average Bonchev–Trinajstić information content (AvgIpc) is 2.40. The van der Waals surface area contributed by atoms with Crippen molar-refractivity contribution in [2.45, 2.75) is 31.7 Å². The first-order chi connectivity index (χ1) is 8.77. The van der Waals surface area contributed by atoms with Gasteiger partial charge in [-0.3, -0.25) is 14.7 Å². The Hall–Kier alpha value is -1.42. The minimum Gasteiger partial charge on any atom is -0.354 e. The smallest absolute Gasteiger partial charge is 0.237 e. The van der Waals surface area contributed by atoms with E-state index in [1.54, 1.807) is 6.20 Å². The van der Waals surface area contributed by atoms with Crippen molar-refractivity contribution < 1.29 is 4.79 Å². The minimum absolute atomic E-state index is 0.0579. The van der Waals surface area contributed by atoms with Crippen LogP contribution in [0, 0.1) is 0 Å². The molecule has 98 valence electrons. The van der Waals surface area contributed by atoms with Gasteiger partial charge in [-0.2, -0.15) is 0 Å². The lowest BCUT2D eigenvalue weighted by Gasteiger charge is -2.31. The van der Waals surface area contributed by atoms with Crippen molar-refractivity contribution in [1.29, 1.82) is 0 Å². The number of pyridine rings is 1. The molecule has 1 atom stereocenters. The van der Waals surface area contributed by atoms with Crippen molar-refractivity contribution in [3.63, 3.8) is 0 Å². The third-order valence-electron chi connectivity index (χ3n) is 3.48. The lowest BCUT2D eigenvalue weighted by molar-refractivity contribution is -0.126. The highest BCUT2D eigenvalue weighted by Gasteiger charge is 2.25. The van der Waals surface area contributed by atoms with E-state index in [1.165, 1.54) is 6.42 Å². The normalized spacial score (nSPS) is 20.6. The topological polar surface area (TPSA) is 45.2 Å². The van der Waals surface area contributed by atoms with E-state index in [2.05, 4.69) is 15.2 Å². The maximum atomic E-state index is 12.0. The van der Waals surface area contributed by atoms with Crippen molar-refractivity contribution in [3.05, 3.63) is 30.1 Å². The van der Waals surface area contributed by atoms with Gasteiger partial charge in [-0.15, -0.1) is 0 Å². The van der Waals surface area contributed by atoms with Crippen LogP contribution in [0.15, 0.2) is 24.4 Å². The zero-order valence-electron chi connectivity index (χ0n) is 10.9. The predicted octanol–water partition coefficient (Wildman–Crippen LogP) is 1.22. The van der Waals surface area contributed by atoms with E-state index in [1.807, 2.05) is 25.2 Å². The Kier molecular flexibility index (Phi) is 4.70. The summed E-state index contributed by atoms with van der Waals surface area (Å²) in [5.41, 5.74) is 1.02. The molecule has 0 spiro atoms. The quantitative estimate of drug-likeness (QED) is 0.870. The first-order valence-corrected chi connectivity index (χ1v) is 6.65. The summed E-state index contributed by atoms with van der Waals surface area (Å²) in [5, 5.41) is 3.01. The second-order valence-electron chi connectivity index (χ2n) is 4.85. The fourth-order valence-electron chi connectivity index (χ4n) is 2.38. The van der Waals surface area contributed by atoms with Crippen LogP contribution in [0.25, 0.3) is 0 Å². The number of aromatic nitrogens is 1. The monoisotopic (exact) mass is 247 g/mol. The summed E-state index contributed by atoms with van der Waals surface area (Å²) in [4.78, 5) is 18.4. The van der Waals surface area contributed by atoms with Crippen molar-refractivity contribution in [2.24, 2.45) is 0 Å². The molecule has 0 aromatic carbocycles. The Morgan fingerprint density at radius 3 is 3.11 bits per heavy atom. The van der Waals surface area contributed by atoms with Gasteiger partial charge in [0.15, 0.2) is 0 Å². The molecule has 4 heteroatoms. The second kappa shape index (κ2) is 6.50. The number of carbonyl (C=O) groups is 1. The zero-order valence-corrected chi connectivity index (χ0v) is 10.9. The summed E-state index contributed by atoms with van der Waals surface area (Å²) in [5.74, 6) is 0.160. The van der Waals surface area contributed by atoms with Crippen LogP contribution in [0.4, 0.5) is 0 Å². The highest BCUT2D eigenvalue weighted by atomic mass is 16.2. The molecule has 2 heterocycles. The molecule has 4 nitrogen and oxygen atoms in total. The number of hydrogen-bond donors (Lipinski definition) is 1. The molecule has 1 N–H and O–H groups in total. The lowest BCUT2D eigenvalue weighted by atomic mass is 10.0. The summed E-state index contributed by atoms with van der Waals surface area (Å²) < 4.78 is 0. The molecule has 0 bridgehead atoms. The number of amides is 1. The van der Waals surface area contributed by atoms with E-state index in [9.17, 15) is 4.79 Å². The molecule has 1 aromatic heterocycles. The molecular weight excluding hydrogens is 226 g/mol. The molecule has 0 aliphatic carbocycles. The Morgan fingerprint density at radius 1 is 1.50 bits per heavy atom. The molecule has 0 radical (unpaired) electrons. The van der Waals surface area contributed by atoms with Gasteiger partial charge in [0, 0.05) is 24.9 Å². The van der Waals surface area contributed by atoms with Crippen molar-refractivity contribution in [2.75, 3.05) is 20.1 Å². The number of hydrogen-bond acceptors (Lipinski definition) is 3. The lowest BCUT2D eigenvalue weighted by Crippen LogP contribution is -2.47. The summed E-state index contributed by atoms with van der Waals surface area (Å²) in [6.45, 7) is 1.69. The molecule has 2 rings (SSSR count). The van der Waals surface area contributed by atoms with Gasteiger partial charge in [0.25, 0.3) is 0 Å². The second-order valence-corrected chi connectivity index (χ2v) is 4.85. The number of nitrogens with zero attached hydrogens (tertiary/aromatic N) is 2. The van der Waals surface area contributed by atoms with Crippen molar-refractivity contribution in [1.82, 2.24) is 15.2 Å². The molecule has 1 amide bonds. The molecule has 18 heavy (non-hydrogen) atoms. The highest BCUT2D eigenvalue weighted by Crippen LogP contribution is 2.14. The maximum absolute atomic E-state index is 12.0. The Balaban J connectivity index is 1.74. The van der Waals surface area contributed by atoms with Gasteiger partial charge < -0.3 is 5.32 Å². The van der Waals surface area contributed by atoms with E-state index in [-0.39, 0.29) is 11.9 Å². The molecule has 1 aromatic rings. The molecule has 1 fully saturated rings. The van der Waals surface area contributed by atoms with Crippen LogP contribution in [0.2, 0.25) is 0 Å². The van der Waals surface area contributed by atoms with Gasteiger partial charge in [-0.25, -0.2) is 0 Å². The van der Waals surface area contributed by atoms with Gasteiger partial charge in [0.05, 0.1) is 6.04 Å². The average molecular weight is 247 g/mol. The van der Waals surface area contributed by atoms with E-state index < -0.39 is 0 Å². The third kappa shape index (κ3) is 3.53. The van der Waals surface area contributed by atoms with Crippen LogP contribution < -0.4 is 5.32 Å². The largest absolute Gasteiger partial charge is 0.354 e. The van der Waals surface area contributed by atoms with Crippen LogP contribution in [0.3, 0.4) is 0 Å². The summed E-state index contributed by atoms with van der Waals surface area (Å²) in [6.07, 6.45) is 5.91. The minimum atomic E-state index is 0.0579. The van der Waals surface area contributed by atoms with Gasteiger partial charge in [0.1, 0.15) is 0 Å². The van der Waals surface area contributed by atoms with E-state index in [0.29, 0.717) is 6.54 Å². The van der Waals surface area contributed by atoms with Crippen LogP contribution >= 0.6 is 0 Å². The van der Waals surface area contributed by atoms with E-state index >= 15 is 0 Å². The molecular formula is C14H21N3O.